The van der Waals surface area contributed by atoms with Crippen LogP contribution in [0.1, 0.15) is 58.3 Å². The molecule has 0 saturated carbocycles. The Balaban J connectivity index is 2.13. The first kappa shape index (κ1) is 25.4. The van der Waals surface area contributed by atoms with Crippen molar-refractivity contribution in [3.8, 4) is 0 Å². The summed E-state index contributed by atoms with van der Waals surface area (Å²) in [6, 6.07) is -0.294. The van der Waals surface area contributed by atoms with Crippen molar-refractivity contribution in [2.24, 2.45) is 5.73 Å². The van der Waals surface area contributed by atoms with Crippen LogP contribution in [0.4, 0.5) is 0 Å². The number of Topliss-reactive ketones (excluding diaryl/α,β-unsaturated/α-hetero) is 3. The minimum absolute atomic E-state index is 0.0202. The van der Waals surface area contributed by atoms with Gasteiger partial charge in [-0.15, -0.1) is 0 Å². The Kier molecular flexibility index (Phi) is 11.5. The van der Waals surface area contributed by atoms with Gasteiger partial charge in [-0.25, -0.2) is 0 Å². The minimum Gasteiger partial charge on any atom is -0.368 e. The van der Waals surface area contributed by atoms with Gasteiger partial charge in [0.05, 0.1) is 6.04 Å². The second kappa shape index (κ2) is 13.6. The first-order valence-corrected chi connectivity index (χ1v) is 10.4. The Morgan fingerprint density at radius 3 is 1.93 bits per heavy atom. The fraction of sp³-hybridized carbons (Fsp3) is 0.700. The standard InChI is InChI=1S/C20H32N4O6/c1-14(25)6-2-10-22-19(29)16(26)8-3-11-23-20(30)17(27)9-5-13-24-12-4-7-15(24)18(21)28/h15H,2-13H2,1H3,(H2,21,28)(H,22,29)(H,23,30)/t15-/m0/s1. The predicted octanol–water partition coefficient (Wildman–Crippen LogP) is -0.764. The van der Waals surface area contributed by atoms with Crippen LogP contribution < -0.4 is 16.4 Å². The van der Waals surface area contributed by atoms with Gasteiger partial charge >= 0.3 is 0 Å². The molecule has 0 aromatic rings. The zero-order valence-corrected chi connectivity index (χ0v) is 17.5. The zero-order valence-electron chi connectivity index (χ0n) is 17.5. The molecule has 0 aromatic carbocycles. The summed E-state index contributed by atoms with van der Waals surface area (Å²) in [6.45, 7) is 3.12. The second-order valence-corrected chi connectivity index (χ2v) is 7.47. The van der Waals surface area contributed by atoms with E-state index < -0.39 is 23.4 Å². The molecule has 10 heteroatoms. The number of amides is 3. The van der Waals surface area contributed by atoms with Crippen molar-refractivity contribution in [3.63, 3.8) is 0 Å². The van der Waals surface area contributed by atoms with E-state index in [1.807, 2.05) is 4.90 Å². The molecule has 0 radical (unpaired) electrons. The third-order valence-corrected chi connectivity index (χ3v) is 4.91. The highest BCUT2D eigenvalue weighted by molar-refractivity contribution is 6.36. The van der Waals surface area contributed by atoms with Gasteiger partial charge < -0.3 is 21.2 Å². The first-order chi connectivity index (χ1) is 14.2. The highest BCUT2D eigenvalue weighted by Gasteiger charge is 2.28. The maximum atomic E-state index is 11.9. The zero-order chi connectivity index (χ0) is 22.5. The van der Waals surface area contributed by atoms with Crippen molar-refractivity contribution in [3.05, 3.63) is 0 Å². The number of nitrogens with zero attached hydrogens (tertiary/aromatic N) is 1. The average molecular weight is 424 g/mol. The second-order valence-electron chi connectivity index (χ2n) is 7.47. The van der Waals surface area contributed by atoms with Crippen LogP contribution in [0.3, 0.4) is 0 Å². The monoisotopic (exact) mass is 424 g/mol. The van der Waals surface area contributed by atoms with Crippen molar-refractivity contribution >= 4 is 35.1 Å². The van der Waals surface area contributed by atoms with Gasteiger partial charge in [-0.3, -0.25) is 28.9 Å². The van der Waals surface area contributed by atoms with Crippen LogP contribution in [-0.2, 0) is 28.8 Å². The van der Waals surface area contributed by atoms with Crippen molar-refractivity contribution < 1.29 is 28.8 Å². The number of ketones is 3. The normalized spacial score (nSPS) is 16.1. The molecule has 1 heterocycles. The van der Waals surface area contributed by atoms with E-state index >= 15 is 0 Å². The predicted molar refractivity (Wildman–Crippen MR) is 108 cm³/mol. The van der Waals surface area contributed by atoms with E-state index in [9.17, 15) is 28.8 Å². The Bertz CT molecular complexity index is 664. The van der Waals surface area contributed by atoms with Gasteiger partial charge in [0.15, 0.2) is 0 Å². The number of likely N-dealkylation sites (tertiary alicyclic amines) is 1. The summed E-state index contributed by atoms with van der Waals surface area (Å²) in [7, 11) is 0. The van der Waals surface area contributed by atoms with Crippen molar-refractivity contribution in [2.45, 2.75) is 64.3 Å². The highest BCUT2D eigenvalue weighted by atomic mass is 16.2. The number of carbonyl (C=O) groups excluding carboxylic acids is 6. The molecule has 30 heavy (non-hydrogen) atoms. The number of primary amides is 1. The molecule has 4 N–H and O–H groups in total. The summed E-state index contributed by atoms with van der Waals surface area (Å²) in [5.74, 6) is -2.93. The van der Waals surface area contributed by atoms with Crippen LogP contribution in [0.5, 0.6) is 0 Å². The molecule has 1 rings (SSSR count). The van der Waals surface area contributed by atoms with Gasteiger partial charge in [0.2, 0.25) is 17.5 Å². The molecule has 0 aromatic heterocycles. The molecular formula is C20H32N4O6. The Morgan fingerprint density at radius 2 is 1.40 bits per heavy atom. The fourth-order valence-electron chi connectivity index (χ4n) is 3.27. The molecule has 0 spiro atoms. The van der Waals surface area contributed by atoms with E-state index in [1.165, 1.54) is 6.92 Å². The Labute approximate surface area is 176 Å². The summed E-state index contributed by atoms with van der Waals surface area (Å²) in [4.78, 5) is 71.1. The molecule has 1 aliphatic heterocycles. The molecule has 1 fully saturated rings. The molecule has 0 unspecified atom stereocenters. The van der Waals surface area contributed by atoms with Gasteiger partial charge in [0.25, 0.3) is 11.8 Å². The van der Waals surface area contributed by atoms with E-state index in [1.54, 1.807) is 0 Å². The molecular weight excluding hydrogens is 392 g/mol. The van der Waals surface area contributed by atoms with E-state index in [-0.39, 0.29) is 50.1 Å². The maximum Gasteiger partial charge on any atom is 0.287 e. The molecule has 168 valence electrons. The summed E-state index contributed by atoms with van der Waals surface area (Å²) < 4.78 is 0. The number of rotatable bonds is 15. The van der Waals surface area contributed by atoms with Gasteiger partial charge in [0, 0.05) is 32.4 Å². The van der Waals surface area contributed by atoms with Crippen LogP contribution in [0.2, 0.25) is 0 Å². The van der Waals surface area contributed by atoms with Crippen LogP contribution in [0, 0.1) is 0 Å². The van der Waals surface area contributed by atoms with Crippen molar-refractivity contribution in [2.75, 3.05) is 26.2 Å². The lowest BCUT2D eigenvalue weighted by molar-refractivity contribution is -0.138. The topological polar surface area (TPSA) is 156 Å². The van der Waals surface area contributed by atoms with E-state index in [0.29, 0.717) is 25.8 Å². The van der Waals surface area contributed by atoms with Crippen molar-refractivity contribution in [1.29, 1.82) is 0 Å². The van der Waals surface area contributed by atoms with Gasteiger partial charge in [-0.2, -0.15) is 0 Å². The number of carbonyl (C=O) groups is 6. The third-order valence-electron chi connectivity index (χ3n) is 4.91. The molecule has 3 amide bonds. The smallest absolute Gasteiger partial charge is 0.287 e. The summed E-state index contributed by atoms with van der Waals surface area (Å²) in [5.41, 5.74) is 5.34. The molecule has 1 saturated heterocycles. The minimum atomic E-state index is -0.719. The molecule has 1 atom stereocenters. The van der Waals surface area contributed by atoms with Crippen LogP contribution in [0.25, 0.3) is 0 Å². The van der Waals surface area contributed by atoms with Gasteiger partial charge in [-0.05, 0) is 52.1 Å². The lowest BCUT2D eigenvalue weighted by Gasteiger charge is -2.21. The average Bonchev–Trinajstić information content (AvgIpc) is 3.16. The van der Waals surface area contributed by atoms with E-state index in [4.69, 9.17) is 5.73 Å². The van der Waals surface area contributed by atoms with Gasteiger partial charge in [0.1, 0.15) is 5.78 Å². The first-order valence-electron chi connectivity index (χ1n) is 10.4. The Morgan fingerprint density at radius 1 is 0.867 bits per heavy atom. The third kappa shape index (κ3) is 9.73. The van der Waals surface area contributed by atoms with Crippen molar-refractivity contribution in [1.82, 2.24) is 15.5 Å². The lowest BCUT2D eigenvalue weighted by Crippen LogP contribution is -2.41. The maximum absolute atomic E-state index is 11.9. The summed E-state index contributed by atoms with van der Waals surface area (Å²) in [6.07, 6.45) is 3.15. The van der Waals surface area contributed by atoms with Crippen LogP contribution in [-0.4, -0.2) is 72.2 Å². The number of nitrogens with two attached hydrogens (primary N) is 1. The molecule has 0 aliphatic carbocycles. The van der Waals surface area contributed by atoms with E-state index in [2.05, 4.69) is 10.6 Å². The largest absolute Gasteiger partial charge is 0.368 e. The molecule has 1 aliphatic rings. The fourth-order valence-corrected chi connectivity index (χ4v) is 3.27. The number of nitrogens with one attached hydrogen (secondary N) is 2. The molecule has 0 bridgehead atoms. The SMILES string of the molecule is CC(=O)CCCNC(=O)C(=O)CCCNC(=O)C(=O)CCCN1CCC[C@H]1C(N)=O. The number of hydrogen-bond acceptors (Lipinski definition) is 7. The summed E-state index contributed by atoms with van der Waals surface area (Å²) >= 11 is 0. The summed E-state index contributed by atoms with van der Waals surface area (Å²) in [5, 5.41) is 4.90. The quantitative estimate of drug-likeness (QED) is 0.230. The lowest BCUT2D eigenvalue weighted by atomic mass is 10.1. The number of hydrogen-bond donors (Lipinski definition) is 3. The Hall–Kier alpha value is -2.62. The van der Waals surface area contributed by atoms with Crippen LogP contribution >= 0.6 is 0 Å². The highest BCUT2D eigenvalue weighted by Crippen LogP contribution is 2.17. The van der Waals surface area contributed by atoms with E-state index in [0.717, 1.165) is 19.4 Å². The van der Waals surface area contributed by atoms with Gasteiger partial charge in [-0.1, -0.05) is 0 Å². The van der Waals surface area contributed by atoms with Crippen LogP contribution in [0.15, 0.2) is 0 Å². The molecule has 10 nitrogen and oxygen atoms in total.